The number of benzene rings is 1. The van der Waals surface area contributed by atoms with E-state index in [4.69, 9.17) is 11.6 Å². The molecule has 2 aromatic rings. The van der Waals surface area contributed by atoms with Gasteiger partial charge in [0.15, 0.2) is 0 Å². The molecule has 1 unspecified atom stereocenters. The van der Waals surface area contributed by atoms with Crippen molar-refractivity contribution < 1.29 is 5.11 Å². The predicted molar refractivity (Wildman–Crippen MR) is 80.5 cm³/mol. The second-order valence-corrected chi connectivity index (χ2v) is 5.92. The lowest BCUT2D eigenvalue weighted by atomic mass is 10.0. The van der Waals surface area contributed by atoms with E-state index in [0.717, 1.165) is 26.9 Å². The third-order valence-corrected chi connectivity index (χ3v) is 4.60. The van der Waals surface area contributed by atoms with E-state index in [-0.39, 0.29) is 0 Å². The molecule has 1 aromatic heterocycles. The maximum absolute atomic E-state index is 10.3. The summed E-state index contributed by atoms with van der Waals surface area (Å²) < 4.78 is 2.67. The van der Waals surface area contributed by atoms with E-state index in [1.807, 2.05) is 32.0 Å². The maximum Gasteiger partial charge on any atom is 0.130 e. The van der Waals surface area contributed by atoms with Crippen LogP contribution in [-0.2, 0) is 13.5 Å². The summed E-state index contributed by atoms with van der Waals surface area (Å²) in [6.45, 7) is 3.91. The van der Waals surface area contributed by atoms with Gasteiger partial charge >= 0.3 is 0 Å². The zero-order chi connectivity index (χ0) is 14.2. The summed E-state index contributed by atoms with van der Waals surface area (Å²) in [5, 5.41) is 15.2. The molecule has 0 aliphatic heterocycles. The molecule has 0 spiro atoms. The Morgan fingerprint density at radius 1 is 1.42 bits per heavy atom. The van der Waals surface area contributed by atoms with Crippen molar-refractivity contribution in [1.82, 2.24) is 9.78 Å². The van der Waals surface area contributed by atoms with Crippen molar-refractivity contribution in [2.24, 2.45) is 7.05 Å². The fourth-order valence-electron chi connectivity index (χ4n) is 2.09. The average Bonchev–Trinajstić information content (AvgIpc) is 2.59. The van der Waals surface area contributed by atoms with Gasteiger partial charge in [0.2, 0.25) is 0 Å². The fraction of sp³-hybridized carbons (Fsp3) is 0.357. The van der Waals surface area contributed by atoms with Crippen molar-refractivity contribution in [1.29, 1.82) is 0 Å². The van der Waals surface area contributed by atoms with Gasteiger partial charge in [0.05, 0.1) is 11.8 Å². The highest BCUT2D eigenvalue weighted by Crippen LogP contribution is 2.27. The molecule has 0 fully saturated rings. The second kappa shape index (κ2) is 5.65. The van der Waals surface area contributed by atoms with Crippen molar-refractivity contribution in [2.75, 3.05) is 0 Å². The molecular weight excluding hydrogens is 328 g/mol. The number of aliphatic hydroxyl groups excluding tert-OH is 1. The Labute approximate surface area is 126 Å². The number of aromatic nitrogens is 2. The molecule has 0 bridgehead atoms. The second-order valence-electron chi connectivity index (χ2n) is 4.71. The van der Waals surface area contributed by atoms with E-state index in [9.17, 15) is 5.11 Å². The van der Waals surface area contributed by atoms with Gasteiger partial charge in [-0.3, -0.25) is 4.68 Å². The number of aliphatic hydroxyl groups is 1. The van der Waals surface area contributed by atoms with Crippen molar-refractivity contribution in [3.05, 3.63) is 50.2 Å². The molecule has 1 heterocycles. The number of halogens is 2. The third-order valence-electron chi connectivity index (χ3n) is 3.23. The highest BCUT2D eigenvalue weighted by atomic mass is 79.9. The first-order valence-corrected chi connectivity index (χ1v) is 7.19. The number of hydrogen-bond acceptors (Lipinski definition) is 2. The van der Waals surface area contributed by atoms with Crippen LogP contribution in [0.25, 0.3) is 0 Å². The summed E-state index contributed by atoms with van der Waals surface area (Å²) >= 11 is 9.64. The number of nitrogens with zero attached hydrogens (tertiary/aromatic N) is 2. The SMILES string of the molecule is Cc1cc(C(O)Cc2c(C)nn(C)c2Cl)ccc1Br. The molecule has 0 saturated heterocycles. The minimum atomic E-state index is -0.577. The summed E-state index contributed by atoms with van der Waals surface area (Å²) in [7, 11) is 1.80. The van der Waals surface area contributed by atoms with Gasteiger partial charge in [-0.2, -0.15) is 5.10 Å². The van der Waals surface area contributed by atoms with E-state index in [1.54, 1.807) is 11.7 Å². The van der Waals surface area contributed by atoms with Crippen molar-refractivity contribution in [3.63, 3.8) is 0 Å². The molecule has 2 rings (SSSR count). The topological polar surface area (TPSA) is 38.1 Å². The smallest absolute Gasteiger partial charge is 0.130 e. The summed E-state index contributed by atoms with van der Waals surface area (Å²) in [6, 6.07) is 5.85. The molecule has 0 saturated carbocycles. The average molecular weight is 344 g/mol. The van der Waals surface area contributed by atoms with Gasteiger partial charge in [-0.05, 0) is 31.0 Å². The summed E-state index contributed by atoms with van der Waals surface area (Å²) in [5.41, 5.74) is 3.75. The van der Waals surface area contributed by atoms with Gasteiger partial charge in [0, 0.05) is 23.5 Å². The minimum Gasteiger partial charge on any atom is -0.388 e. The molecule has 0 aliphatic rings. The van der Waals surface area contributed by atoms with E-state index >= 15 is 0 Å². The van der Waals surface area contributed by atoms with Crippen LogP contribution >= 0.6 is 27.5 Å². The summed E-state index contributed by atoms with van der Waals surface area (Å²) in [4.78, 5) is 0. The first-order chi connectivity index (χ1) is 8.90. The number of hydrogen-bond donors (Lipinski definition) is 1. The Balaban J connectivity index is 2.25. The van der Waals surface area contributed by atoms with Crippen LogP contribution in [0.2, 0.25) is 5.15 Å². The molecule has 1 aromatic carbocycles. The Kier molecular flexibility index (Phi) is 4.33. The van der Waals surface area contributed by atoms with Gasteiger partial charge in [0.1, 0.15) is 5.15 Å². The molecule has 102 valence electrons. The van der Waals surface area contributed by atoms with E-state index in [1.165, 1.54) is 0 Å². The maximum atomic E-state index is 10.3. The largest absolute Gasteiger partial charge is 0.388 e. The van der Waals surface area contributed by atoms with E-state index in [0.29, 0.717) is 11.6 Å². The predicted octanol–water partition coefficient (Wildman–Crippen LogP) is 3.73. The third kappa shape index (κ3) is 3.02. The quantitative estimate of drug-likeness (QED) is 0.922. The molecule has 5 heteroatoms. The molecule has 0 aliphatic carbocycles. The van der Waals surface area contributed by atoms with Crippen LogP contribution in [0.15, 0.2) is 22.7 Å². The minimum absolute atomic E-state index is 0.472. The molecule has 3 nitrogen and oxygen atoms in total. The van der Waals surface area contributed by atoms with E-state index < -0.39 is 6.10 Å². The Bertz CT molecular complexity index is 610. The first kappa shape index (κ1) is 14.6. The summed E-state index contributed by atoms with van der Waals surface area (Å²) in [6.07, 6.45) is -0.105. The zero-order valence-electron chi connectivity index (χ0n) is 11.1. The Hall–Kier alpha value is -0.840. The summed E-state index contributed by atoms with van der Waals surface area (Å²) in [5.74, 6) is 0. The lowest BCUT2D eigenvalue weighted by molar-refractivity contribution is 0.178. The van der Waals surface area contributed by atoms with Gasteiger partial charge in [-0.25, -0.2) is 0 Å². The number of aryl methyl sites for hydroxylation is 3. The Morgan fingerprint density at radius 2 is 2.11 bits per heavy atom. The molecule has 1 N–H and O–H groups in total. The van der Waals surface area contributed by atoms with Crippen molar-refractivity contribution in [3.8, 4) is 0 Å². The fourth-order valence-corrected chi connectivity index (χ4v) is 2.59. The first-order valence-electron chi connectivity index (χ1n) is 6.02. The monoisotopic (exact) mass is 342 g/mol. The van der Waals surface area contributed by atoms with Gasteiger partial charge in [-0.1, -0.05) is 39.7 Å². The lowest BCUT2D eigenvalue weighted by Crippen LogP contribution is -2.03. The van der Waals surface area contributed by atoms with Crippen LogP contribution in [0.3, 0.4) is 0 Å². The molecule has 19 heavy (non-hydrogen) atoms. The molecule has 0 amide bonds. The van der Waals surface area contributed by atoms with Crippen LogP contribution in [-0.4, -0.2) is 14.9 Å². The molecule has 1 atom stereocenters. The molecular formula is C14H16BrClN2O. The highest BCUT2D eigenvalue weighted by Gasteiger charge is 2.17. The van der Waals surface area contributed by atoms with Gasteiger partial charge in [0.25, 0.3) is 0 Å². The lowest BCUT2D eigenvalue weighted by Gasteiger charge is -2.12. The normalized spacial score (nSPS) is 12.7. The van der Waals surface area contributed by atoms with Crippen LogP contribution in [0.5, 0.6) is 0 Å². The van der Waals surface area contributed by atoms with Crippen LogP contribution < -0.4 is 0 Å². The van der Waals surface area contributed by atoms with Crippen LogP contribution in [0.1, 0.15) is 28.5 Å². The zero-order valence-corrected chi connectivity index (χ0v) is 13.5. The van der Waals surface area contributed by atoms with Gasteiger partial charge < -0.3 is 5.11 Å². The van der Waals surface area contributed by atoms with Crippen molar-refractivity contribution in [2.45, 2.75) is 26.4 Å². The number of rotatable bonds is 3. The highest BCUT2D eigenvalue weighted by molar-refractivity contribution is 9.10. The van der Waals surface area contributed by atoms with E-state index in [2.05, 4.69) is 21.0 Å². The van der Waals surface area contributed by atoms with Crippen molar-refractivity contribution >= 4 is 27.5 Å². The molecule has 0 radical (unpaired) electrons. The van der Waals surface area contributed by atoms with Crippen LogP contribution in [0, 0.1) is 13.8 Å². The standard InChI is InChI=1S/C14H16BrClN2O/c1-8-6-10(4-5-12(8)15)13(19)7-11-9(2)17-18(3)14(11)16/h4-6,13,19H,7H2,1-3H3. The Morgan fingerprint density at radius 3 is 2.63 bits per heavy atom. The van der Waals surface area contributed by atoms with Crippen LogP contribution in [0.4, 0.5) is 0 Å². The van der Waals surface area contributed by atoms with Gasteiger partial charge in [-0.15, -0.1) is 0 Å².